The van der Waals surface area contributed by atoms with Gasteiger partial charge in [0.15, 0.2) is 0 Å². The van der Waals surface area contributed by atoms with E-state index in [1.54, 1.807) is 12.1 Å². The lowest BCUT2D eigenvalue weighted by Gasteiger charge is -2.27. The van der Waals surface area contributed by atoms with Gasteiger partial charge in [-0.25, -0.2) is 12.8 Å². The van der Waals surface area contributed by atoms with Crippen LogP contribution in [0.4, 0.5) is 10.1 Å². The van der Waals surface area contributed by atoms with Gasteiger partial charge in [-0.15, -0.1) is 0 Å². The van der Waals surface area contributed by atoms with Gasteiger partial charge in [0, 0.05) is 18.8 Å². The molecule has 2 N–H and O–H groups in total. The molecule has 17 heavy (non-hydrogen) atoms. The largest absolute Gasteiger partial charge is 0.399 e. The second kappa shape index (κ2) is 4.62. The lowest BCUT2D eigenvalue weighted by molar-refractivity contribution is 0.210. The smallest absolute Gasteiger partial charge is 0.243 e. The summed E-state index contributed by atoms with van der Waals surface area (Å²) < 4.78 is 38.6. The average molecular weight is 258 g/mol. The standard InChI is InChI=1S/C11H15FN2O2S/c12-9-5-7-14(8-6-9)17(15,16)11-3-1-10(13)2-4-11/h1-4,9H,5-8,13H2. The van der Waals surface area contributed by atoms with Gasteiger partial charge in [-0.05, 0) is 37.1 Å². The van der Waals surface area contributed by atoms with Crippen molar-refractivity contribution in [3.63, 3.8) is 0 Å². The summed E-state index contributed by atoms with van der Waals surface area (Å²) in [6, 6.07) is 6.06. The quantitative estimate of drug-likeness (QED) is 0.815. The molecule has 0 radical (unpaired) electrons. The molecule has 1 aliphatic heterocycles. The van der Waals surface area contributed by atoms with Gasteiger partial charge in [-0.3, -0.25) is 0 Å². The second-order valence-corrected chi connectivity index (χ2v) is 6.09. The molecule has 1 fully saturated rings. The summed E-state index contributed by atoms with van der Waals surface area (Å²) in [5.74, 6) is 0. The summed E-state index contributed by atoms with van der Waals surface area (Å²) in [5.41, 5.74) is 6.03. The number of nitrogen functional groups attached to an aromatic ring is 1. The average Bonchev–Trinajstić information content (AvgIpc) is 2.30. The number of piperidine rings is 1. The van der Waals surface area contributed by atoms with E-state index in [2.05, 4.69) is 0 Å². The van der Waals surface area contributed by atoms with Gasteiger partial charge < -0.3 is 5.73 Å². The van der Waals surface area contributed by atoms with E-state index in [4.69, 9.17) is 5.73 Å². The normalized spacial score (nSPS) is 19.4. The van der Waals surface area contributed by atoms with Gasteiger partial charge >= 0.3 is 0 Å². The number of nitrogens with two attached hydrogens (primary N) is 1. The lowest BCUT2D eigenvalue weighted by atomic mass is 10.1. The van der Waals surface area contributed by atoms with Gasteiger partial charge in [0.25, 0.3) is 0 Å². The molecule has 1 aromatic carbocycles. The van der Waals surface area contributed by atoms with Crippen LogP contribution in [0.15, 0.2) is 29.2 Å². The van der Waals surface area contributed by atoms with Crippen molar-refractivity contribution in [2.75, 3.05) is 18.8 Å². The van der Waals surface area contributed by atoms with Crippen LogP contribution >= 0.6 is 0 Å². The first-order valence-corrected chi connectivity index (χ1v) is 6.94. The molecule has 0 unspecified atom stereocenters. The minimum Gasteiger partial charge on any atom is -0.399 e. The van der Waals surface area contributed by atoms with E-state index in [1.165, 1.54) is 16.4 Å². The molecule has 2 rings (SSSR count). The minimum atomic E-state index is -3.49. The van der Waals surface area contributed by atoms with Gasteiger partial charge in [-0.2, -0.15) is 4.31 Å². The Morgan fingerprint density at radius 3 is 2.24 bits per heavy atom. The highest BCUT2D eigenvalue weighted by Gasteiger charge is 2.28. The predicted octanol–water partition coefficient (Wildman–Crippen LogP) is 1.39. The highest BCUT2D eigenvalue weighted by Crippen LogP contribution is 2.22. The van der Waals surface area contributed by atoms with Gasteiger partial charge in [0.2, 0.25) is 10.0 Å². The molecule has 0 aromatic heterocycles. The second-order valence-electron chi connectivity index (χ2n) is 4.15. The maximum atomic E-state index is 13.0. The number of sulfonamides is 1. The van der Waals surface area contributed by atoms with Crippen LogP contribution in [0.2, 0.25) is 0 Å². The Morgan fingerprint density at radius 2 is 1.71 bits per heavy atom. The third-order valence-electron chi connectivity index (χ3n) is 2.90. The Kier molecular flexibility index (Phi) is 3.35. The molecule has 0 aliphatic carbocycles. The van der Waals surface area contributed by atoms with E-state index < -0.39 is 16.2 Å². The molecule has 0 amide bonds. The van der Waals surface area contributed by atoms with Crippen LogP contribution in [0, 0.1) is 0 Å². The number of rotatable bonds is 2. The van der Waals surface area contributed by atoms with Crippen LogP contribution in [-0.2, 0) is 10.0 Å². The van der Waals surface area contributed by atoms with E-state index in [9.17, 15) is 12.8 Å². The number of alkyl halides is 1. The van der Waals surface area contributed by atoms with Crippen LogP contribution in [0.5, 0.6) is 0 Å². The topological polar surface area (TPSA) is 63.4 Å². The minimum absolute atomic E-state index is 0.212. The van der Waals surface area contributed by atoms with Crippen molar-refractivity contribution in [3.8, 4) is 0 Å². The van der Waals surface area contributed by atoms with E-state index in [0.717, 1.165) is 0 Å². The summed E-state index contributed by atoms with van der Waals surface area (Å²) in [4.78, 5) is 0.212. The van der Waals surface area contributed by atoms with Gasteiger partial charge in [0.05, 0.1) is 4.90 Å². The van der Waals surface area contributed by atoms with Gasteiger partial charge in [-0.1, -0.05) is 0 Å². The molecule has 94 valence electrons. The summed E-state index contributed by atoms with van der Waals surface area (Å²) in [6.45, 7) is 0.488. The molecule has 1 aliphatic rings. The molecular formula is C11H15FN2O2S. The van der Waals surface area contributed by atoms with Crippen molar-refractivity contribution in [3.05, 3.63) is 24.3 Å². The van der Waals surface area contributed by atoms with E-state index in [0.29, 0.717) is 5.69 Å². The van der Waals surface area contributed by atoms with Crippen molar-refractivity contribution in [1.29, 1.82) is 0 Å². The molecule has 4 nitrogen and oxygen atoms in total. The molecule has 0 atom stereocenters. The highest BCUT2D eigenvalue weighted by molar-refractivity contribution is 7.89. The van der Waals surface area contributed by atoms with E-state index in [1.807, 2.05) is 0 Å². The molecule has 0 bridgehead atoms. The number of hydrogen-bond donors (Lipinski definition) is 1. The lowest BCUT2D eigenvalue weighted by Crippen LogP contribution is -2.38. The molecular weight excluding hydrogens is 243 g/mol. The first-order chi connectivity index (χ1) is 8.00. The Bertz CT molecular complexity index is 479. The number of anilines is 1. The molecule has 0 spiro atoms. The van der Waals surface area contributed by atoms with Gasteiger partial charge in [0.1, 0.15) is 6.17 Å². The molecule has 0 saturated carbocycles. The van der Waals surface area contributed by atoms with Crippen molar-refractivity contribution in [2.24, 2.45) is 0 Å². The zero-order valence-corrected chi connectivity index (χ0v) is 10.2. The first kappa shape index (κ1) is 12.3. The Balaban J connectivity index is 2.21. The maximum absolute atomic E-state index is 13.0. The first-order valence-electron chi connectivity index (χ1n) is 5.50. The number of nitrogens with zero attached hydrogens (tertiary/aromatic N) is 1. The molecule has 1 aromatic rings. The van der Waals surface area contributed by atoms with Crippen LogP contribution in [0.25, 0.3) is 0 Å². The van der Waals surface area contributed by atoms with Crippen LogP contribution in [0.1, 0.15) is 12.8 Å². The summed E-state index contributed by atoms with van der Waals surface area (Å²) in [5, 5.41) is 0. The maximum Gasteiger partial charge on any atom is 0.243 e. The summed E-state index contributed by atoms with van der Waals surface area (Å²) in [6.07, 6.45) is -0.338. The summed E-state index contributed by atoms with van der Waals surface area (Å²) >= 11 is 0. The third-order valence-corrected chi connectivity index (χ3v) is 4.81. The van der Waals surface area contributed by atoms with Crippen LogP contribution in [0.3, 0.4) is 0 Å². The van der Waals surface area contributed by atoms with Crippen molar-refractivity contribution in [2.45, 2.75) is 23.9 Å². The van der Waals surface area contributed by atoms with Crippen molar-refractivity contribution in [1.82, 2.24) is 4.31 Å². The predicted molar refractivity (Wildman–Crippen MR) is 63.7 cm³/mol. The molecule has 1 saturated heterocycles. The van der Waals surface area contributed by atoms with Crippen LogP contribution < -0.4 is 5.73 Å². The van der Waals surface area contributed by atoms with Crippen LogP contribution in [-0.4, -0.2) is 32.0 Å². The van der Waals surface area contributed by atoms with E-state index >= 15 is 0 Å². The molecule has 6 heteroatoms. The number of hydrogen-bond acceptors (Lipinski definition) is 3. The number of benzene rings is 1. The Morgan fingerprint density at radius 1 is 1.18 bits per heavy atom. The summed E-state index contributed by atoms with van der Waals surface area (Å²) in [7, 11) is -3.49. The Labute approximate surface area is 100 Å². The zero-order chi connectivity index (χ0) is 12.5. The fourth-order valence-corrected chi connectivity index (χ4v) is 3.32. The monoisotopic (exact) mass is 258 g/mol. The SMILES string of the molecule is Nc1ccc(S(=O)(=O)N2CCC(F)CC2)cc1. The third kappa shape index (κ3) is 2.58. The van der Waals surface area contributed by atoms with Crippen molar-refractivity contribution >= 4 is 15.7 Å². The fourth-order valence-electron chi connectivity index (χ4n) is 1.85. The Hall–Kier alpha value is -1.14. The molecule has 1 heterocycles. The van der Waals surface area contributed by atoms with Crippen molar-refractivity contribution < 1.29 is 12.8 Å². The number of halogens is 1. The zero-order valence-electron chi connectivity index (χ0n) is 9.34. The fraction of sp³-hybridized carbons (Fsp3) is 0.455. The highest BCUT2D eigenvalue weighted by atomic mass is 32.2. The van der Waals surface area contributed by atoms with E-state index in [-0.39, 0.29) is 30.8 Å².